The van der Waals surface area contributed by atoms with Gasteiger partial charge < -0.3 is 19.3 Å². The second-order valence-corrected chi connectivity index (χ2v) is 7.53. The first kappa shape index (κ1) is 23.1. The maximum atomic E-state index is 10.8. The fourth-order valence-corrected chi connectivity index (χ4v) is 3.37. The number of carboxylic acids is 1. The number of aryl methyl sites for hydroxylation is 1. The number of carbonyl (C=O) groups is 1. The molecule has 1 heterocycles. The van der Waals surface area contributed by atoms with Gasteiger partial charge in [-0.3, -0.25) is 0 Å². The second kappa shape index (κ2) is 11.2. The fraction of sp³-hybridized carbons (Fsp3) is 0.308. The van der Waals surface area contributed by atoms with Crippen molar-refractivity contribution in [2.24, 2.45) is 0 Å². The predicted molar refractivity (Wildman–Crippen MR) is 123 cm³/mol. The number of pyridine rings is 1. The summed E-state index contributed by atoms with van der Waals surface area (Å²) in [6.07, 6.45) is 2.71. The second-order valence-electron chi connectivity index (χ2n) is 7.53. The highest BCUT2D eigenvalue weighted by atomic mass is 16.5. The standard InChI is InChI=1S/C26H29NO5/c1-4-5-9-25(32-21-14-15-24(18(2)16-21)31-17-26(28)29)23-8-6-7-22(27-23)19-10-12-20(30-3)13-11-19/h6-8,10-16,25H,4-5,9,17H2,1-3H3,(H,28,29)/t25-/m1/s1. The Kier molecular flexibility index (Phi) is 8.08. The Morgan fingerprint density at radius 2 is 1.81 bits per heavy atom. The summed E-state index contributed by atoms with van der Waals surface area (Å²) in [5.41, 5.74) is 3.58. The molecule has 32 heavy (non-hydrogen) atoms. The van der Waals surface area contributed by atoms with Crippen molar-refractivity contribution < 1.29 is 24.1 Å². The third-order valence-electron chi connectivity index (χ3n) is 5.08. The van der Waals surface area contributed by atoms with Crippen molar-refractivity contribution >= 4 is 5.97 Å². The summed E-state index contributed by atoms with van der Waals surface area (Å²) in [6, 6.07) is 19.2. The minimum absolute atomic E-state index is 0.196. The lowest BCUT2D eigenvalue weighted by Gasteiger charge is -2.20. The van der Waals surface area contributed by atoms with Crippen LogP contribution in [0.25, 0.3) is 11.3 Å². The van der Waals surface area contributed by atoms with Crippen molar-refractivity contribution in [3.8, 4) is 28.5 Å². The summed E-state index contributed by atoms with van der Waals surface area (Å²) < 4.78 is 16.9. The van der Waals surface area contributed by atoms with Crippen molar-refractivity contribution in [2.45, 2.75) is 39.2 Å². The maximum absolute atomic E-state index is 10.8. The number of aromatic nitrogens is 1. The Bertz CT molecular complexity index is 1030. The number of methoxy groups -OCH3 is 1. The molecule has 0 saturated carbocycles. The molecule has 0 aliphatic heterocycles. The van der Waals surface area contributed by atoms with E-state index in [0.29, 0.717) is 11.5 Å². The summed E-state index contributed by atoms with van der Waals surface area (Å²) >= 11 is 0. The molecule has 0 unspecified atom stereocenters. The van der Waals surface area contributed by atoms with Gasteiger partial charge in [0.2, 0.25) is 0 Å². The number of unbranched alkanes of at least 4 members (excludes halogenated alkanes) is 1. The van der Waals surface area contributed by atoms with Gasteiger partial charge in [-0.15, -0.1) is 0 Å². The Labute approximate surface area is 188 Å². The molecule has 1 atom stereocenters. The molecule has 3 aromatic rings. The van der Waals surface area contributed by atoms with Crippen LogP contribution in [-0.4, -0.2) is 29.8 Å². The van der Waals surface area contributed by atoms with Crippen LogP contribution in [0.5, 0.6) is 17.2 Å². The number of rotatable bonds is 11. The molecule has 3 rings (SSSR count). The van der Waals surface area contributed by atoms with Gasteiger partial charge in [-0.05, 0) is 79.9 Å². The zero-order chi connectivity index (χ0) is 22.9. The Hall–Kier alpha value is -3.54. The van der Waals surface area contributed by atoms with Gasteiger partial charge in [-0.25, -0.2) is 9.78 Å². The molecular formula is C26H29NO5. The van der Waals surface area contributed by atoms with Crippen LogP contribution in [0.15, 0.2) is 60.7 Å². The highest BCUT2D eigenvalue weighted by molar-refractivity contribution is 5.68. The maximum Gasteiger partial charge on any atom is 0.341 e. The van der Waals surface area contributed by atoms with E-state index in [1.165, 1.54) is 0 Å². The van der Waals surface area contributed by atoms with E-state index in [-0.39, 0.29) is 12.7 Å². The topological polar surface area (TPSA) is 77.9 Å². The first-order valence-corrected chi connectivity index (χ1v) is 10.7. The largest absolute Gasteiger partial charge is 0.497 e. The van der Waals surface area contributed by atoms with E-state index < -0.39 is 5.97 Å². The van der Waals surface area contributed by atoms with Gasteiger partial charge in [-0.1, -0.05) is 19.4 Å². The molecule has 2 aromatic carbocycles. The van der Waals surface area contributed by atoms with Gasteiger partial charge in [0.25, 0.3) is 0 Å². The van der Waals surface area contributed by atoms with Crippen molar-refractivity contribution in [3.63, 3.8) is 0 Å². The molecule has 0 saturated heterocycles. The highest BCUT2D eigenvalue weighted by Crippen LogP contribution is 2.30. The molecule has 6 heteroatoms. The van der Waals surface area contributed by atoms with E-state index in [4.69, 9.17) is 24.3 Å². The van der Waals surface area contributed by atoms with Gasteiger partial charge >= 0.3 is 5.97 Å². The lowest BCUT2D eigenvalue weighted by molar-refractivity contribution is -0.139. The van der Waals surface area contributed by atoms with Crippen LogP contribution in [0.2, 0.25) is 0 Å². The molecule has 0 aliphatic rings. The van der Waals surface area contributed by atoms with Crippen molar-refractivity contribution in [1.82, 2.24) is 4.98 Å². The summed E-state index contributed by atoms with van der Waals surface area (Å²) in [5.74, 6) is 1.03. The highest BCUT2D eigenvalue weighted by Gasteiger charge is 2.17. The van der Waals surface area contributed by atoms with Crippen molar-refractivity contribution in [3.05, 3.63) is 71.9 Å². The smallest absolute Gasteiger partial charge is 0.341 e. The van der Waals surface area contributed by atoms with Crippen LogP contribution in [0.1, 0.15) is 43.5 Å². The van der Waals surface area contributed by atoms with Crippen LogP contribution in [0.3, 0.4) is 0 Å². The van der Waals surface area contributed by atoms with E-state index >= 15 is 0 Å². The molecule has 0 spiro atoms. The molecule has 0 amide bonds. The molecular weight excluding hydrogens is 406 g/mol. The lowest BCUT2D eigenvalue weighted by Crippen LogP contribution is -2.11. The van der Waals surface area contributed by atoms with Gasteiger partial charge in [0.1, 0.15) is 23.4 Å². The third kappa shape index (κ3) is 6.23. The van der Waals surface area contributed by atoms with Gasteiger partial charge in [0, 0.05) is 5.56 Å². The minimum atomic E-state index is -1.01. The van der Waals surface area contributed by atoms with Crippen LogP contribution in [-0.2, 0) is 4.79 Å². The number of ether oxygens (including phenoxy) is 3. The van der Waals surface area contributed by atoms with Gasteiger partial charge in [0.05, 0.1) is 18.5 Å². The van der Waals surface area contributed by atoms with Crippen LogP contribution < -0.4 is 14.2 Å². The average Bonchev–Trinajstić information content (AvgIpc) is 2.81. The Morgan fingerprint density at radius 3 is 2.47 bits per heavy atom. The summed E-state index contributed by atoms with van der Waals surface area (Å²) in [6.45, 7) is 3.65. The zero-order valence-electron chi connectivity index (χ0n) is 18.7. The SMILES string of the molecule is CCCC[C@@H](Oc1ccc(OCC(=O)O)c(C)c1)c1cccc(-c2ccc(OC)cc2)n1. The first-order chi connectivity index (χ1) is 15.5. The normalized spacial score (nSPS) is 11.6. The van der Waals surface area contributed by atoms with E-state index in [9.17, 15) is 4.79 Å². The Morgan fingerprint density at radius 1 is 1.06 bits per heavy atom. The number of benzene rings is 2. The minimum Gasteiger partial charge on any atom is -0.497 e. The van der Waals surface area contributed by atoms with E-state index in [1.54, 1.807) is 19.2 Å². The monoisotopic (exact) mass is 435 g/mol. The summed E-state index contributed by atoms with van der Waals surface area (Å²) in [7, 11) is 1.65. The predicted octanol–water partition coefficient (Wildman–Crippen LogP) is 5.84. The summed E-state index contributed by atoms with van der Waals surface area (Å²) in [4.78, 5) is 15.6. The molecule has 0 radical (unpaired) electrons. The molecule has 0 fully saturated rings. The van der Waals surface area contributed by atoms with E-state index in [0.717, 1.165) is 47.5 Å². The number of carboxylic acid groups (broad SMARTS) is 1. The van der Waals surface area contributed by atoms with Crippen LogP contribution in [0, 0.1) is 6.92 Å². The first-order valence-electron chi connectivity index (χ1n) is 10.7. The molecule has 0 aliphatic carbocycles. The fourth-order valence-electron chi connectivity index (χ4n) is 3.37. The van der Waals surface area contributed by atoms with Crippen molar-refractivity contribution in [1.29, 1.82) is 0 Å². The molecule has 168 valence electrons. The summed E-state index contributed by atoms with van der Waals surface area (Å²) in [5, 5.41) is 8.82. The average molecular weight is 436 g/mol. The molecule has 6 nitrogen and oxygen atoms in total. The van der Waals surface area contributed by atoms with E-state index in [1.807, 2.05) is 55.5 Å². The number of hydrogen-bond donors (Lipinski definition) is 1. The number of hydrogen-bond acceptors (Lipinski definition) is 5. The third-order valence-corrected chi connectivity index (χ3v) is 5.08. The number of aliphatic carboxylic acids is 1. The van der Waals surface area contributed by atoms with Crippen LogP contribution >= 0.6 is 0 Å². The molecule has 1 N–H and O–H groups in total. The molecule has 0 bridgehead atoms. The lowest BCUT2D eigenvalue weighted by atomic mass is 10.1. The number of nitrogens with zero attached hydrogens (tertiary/aromatic N) is 1. The van der Waals surface area contributed by atoms with Gasteiger partial charge in [0.15, 0.2) is 6.61 Å². The quantitative estimate of drug-likeness (QED) is 0.408. The van der Waals surface area contributed by atoms with Crippen molar-refractivity contribution in [2.75, 3.05) is 13.7 Å². The molecule has 1 aromatic heterocycles. The van der Waals surface area contributed by atoms with Crippen LogP contribution in [0.4, 0.5) is 0 Å². The van der Waals surface area contributed by atoms with E-state index in [2.05, 4.69) is 6.92 Å². The van der Waals surface area contributed by atoms with Gasteiger partial charge in [-0.2, -0.15) is 0 Å². The zero-order valence-corrected chi connectivity index (χ0v) is 18.7. The Balaban J connectivity index is 1.82.